The van der Waals surface area contributed by atoms with Crippen molar-refractivity contribution in [3.8, 4) is 0 Å². The molecule has 0 unspecified atom stereocenters. The molecule has 4 saturated heterocycles. The van der Waals surface area contributed by atoms with Crippen molar-refractivity contribution in [1.29, 1.82) is 0 Å². The Bertz CT molecular complexity index is 744. The molecular weight excluding hydrogens is 418 g/mol. The van der Waals surface area contributed by atoms with E-state index >= 15 is 0 Å². The number of carbonyl (C=O) groups is 2. The maximum absolute atomic E-state index is 12.5. The molecule has 8 atom stereocenters. The van der Waals surface area contributed by atoms with Crippen LogP contribution in [0.4, 0.5) is 0 Å². The van der Waals surface area contributed by atoms with Gasteiger partial charge in [-0.05, 0) is 51.9 Å². The number of hydrogen-bond donors (Lipinski definition) is 2. The summed E-state index contributed by atoms with van der Waals surface area (Å²) in [5, 5.41) is 12.0. The number of hydrogen-bond acceptors (Lipinski definition) is 8. The number of fused-ring (bicyclic) bond motifs is 2. The van der Waals surface area contributed by atoms with Crippen molar-refractivity contribution in [3.63, 3.8) is 0 Å². The van der Waals surface area contributed by atoms with Gasteiger partial charge in [0.05, 0.1) is 18.6 Å². The lowest BCUT2D eigenvalue weighted by atomic mass is 9.58. The van der Waals surface area contributed by atoms with Crippen LogP contribution >= 0.6 is 0 Å². The van der Waals surface area contributed by atoms with E-state index in [1.165, 1.54) is 0 Å². The number of nitrogens with one attached hydrogen (secondary N) is 1. The fraction of sp³-hybridized carbons (Fsp3) is 0.913. The second kappa shape index (κ2) is 8.51. The molecule has 5 fully saturated rings. The van der Waals surface area contributed by atoms with Crippen molar-refractivity contribution >= 4 is 11.9 Å². The summed E-state index contributed by atoms with van der Waals surface area (Å²) in [6.07, 6.45) is 2.08. The van der Waals surface area contributed by atoms with E-state index in [0.29, 0.717) is 12.3 Å². The topological polar surface area (TPSA) is 113 Å². The van der Waals surface area contributed by atoms with Gasteiger partial charge in [0, 0.05) is 24.7 Å². The standard InChI is InChI=1S/C23H37NO8/c1-13-6-7-16-14(2)19(28-18(27)9-8-17(26)24-21(3,4)12-25)29-20-23(16)15(13)10-11-22(5,30-20)31-32-23/h13-16,19-20,25H,6-12H2,1-5H3,(H,24,26)/t13-,14+,15+,16-,19+,20+,22-,23+/m1/s1. The zero-order chi connectivity index (χ0) is 23.3. The van der Waals surface area contributed by atoms with Crippen LogP contribution in [0.25, 0.3) is 0 Å². The first-order valence-electron chi connectivity index (χ1n) is 11.8. The van der Waals surface area contributed by atoms with Gasteiger partial charge in [0.2, 0.25) is 18.0 Å². The average molecular weight is 456 g/mol. The van der Waals surface area contributed by atoms with Gasteiger partial charge in [-0.25, -0.2) is 9.78 Å². The zero-order valence-electron chi connectivity index (χ0n) is 19.7. The van der Waals surface area contributed by atoms with Gasteiger partial charge in [0.1, 0.15) is 0 Å². The van der Waals surface area contributed by atoms with Crippen molar-refractivity contribution in [3.05, 3.63) is 0 Å². The average Bonchev–Trinajstić information content (AvgIpc) is 2.96. The first-order valence-corrected chi connectivity index (χ1v) is 11.8. The lowest BCUT2D eigenvalue weighted by Gasteiger charge is -2.59. The maximum Gasteiger partial charge on any atom is 0.308 e. The molecular formula is C23H37NO8. The van der Waals surface area contributed by atoms with Crippen LogP contribution in [0.2, 0.25) is 0 Å². The molecule has 2 N–H and O–H groups in total. The highest BCUT2D eigenvalue weighted by molar-refractivity contribution is 5.81. The van der Waals surface area contributed by atoms with E-state index < -0.39 is 35.5 Å². The Kier molecular flexibility index (Phi) is 6.35. The van der Waals surface area contributed by atoms with Gasteiger partial charge in [0.25, 0.3) is 0 Å². The zero-order valence-corrected chi connectivity index (χ0v) is 19.7. The van der Waals surface area contributed by atoms with Crippen molar-refractivity contribution in [2.45, 2.75) is 103 Å². The molecule has 1 amide bonds. The Labute approximate surface area is 189 Å². The normalized spacial score (nSPS) is 43.2. The van der Waals surface area contributed by atoms with Crippen molar-refractivity contribution < 1.29 is 38.7 Å². The minimum atomic E-state index is -0.885. The Morgan fingerprint density at radius 2 is 1.88 bits per heavy atom. The van der Waals surface area contributed by atoms with Gasteiger partial charge in [-0.1, -0.05) is 13.8 Å². The van der Waals surface area contributed by atoms with E-state index in [-0.39, 0.29) is 43.1 Å². The SMILES string of the molecule is C[C@@H]1[C@@H](OC(=O)CCC(=O)NC(C)(C)CO)O[C@H]2O[C@@]3(C)CC[C@H]4[C@H](C)CC[C@H]1[C@]24OO3. The Balaban J connectivity index is 1.43. The summed E-state index contributed by atoms with van der Waals surface area (Å²) < 4.78 is 18.2. The maximum atomic E-state index is 12.5. The molecule has 0 aromatic heterocycles. The second-order valence-corrected chi connectivity index (χ2v) is 10.9. The van der Waals surface area contributed by atoms with Crippen LogP contribution < -0.4 is 5.32 Å². The van der Waals surface area contributed by atoms with Crippen molar-refractivity contribution in [1.82, 2.24) is 5.32 Å². The Hall–Kier alpha value is -1.26. The second-order valence-electron chi connectivity index (χ2n) is 10.9. The van der Waals surface area contributed by atoms with E-state index in [0.717, 1.165) is 19.3 Å². The molecule has 32 heavy (non-hydrogen) atoms. The summed E-state index contributed by atoms with van der Waals surface area (Å²) >= 11 is 0. The third kappa shape index (κ3) is 4.18. The smallest absolute Gasteiger partial charge is 0.308 e. The molecule has 4 heterocycles. The molecule has 1 aliphatic carbocycles. The molecule has 0 aromatic carbocycles. The highest BCUT2D eigenvalue weighted by atomic mass is 17.3. The largest absolute Gasteiger partial charge is 0.435 e. The highest BCUT2D eigenvalue weighted by Crippen LogP contribution is 2.60. The Morgan fingerprint density at radius 1 is 1.12 bits per heavy atom. The van der Waals surface area contributed by atoms with E-state index in [9.17, 15) is 14.7 Å². The molecule has 9 heteroatoms. The lowest BCUT2D eigenvalue weighted by Crippen LogP contribution is -2.70. The van der Waals surface area contributed by atoms with Gasteiger partial charge >= 0.3 is 5.97 Å². The van der Waals surface area contributed by atoms with Crippen LogP contribution in [0.5, 0.6) is 0 Å². The molecule has 1 saturated carbocycles. The summed E-state index contributed by atoms with van der Waals surface area (Å²) in [5.74, 6) is -1.04. The van der Waals surface area contributed by atoms with Crippen molar-refractivity contribution in [2.75, 3.05) is 6.61 Å². The van der Waals surface area contributed by atoms with E-state index in [4.69, 9.17) is 24.0 Å². The van der Waals surface area contributed by atoms with Crippen LogP contribution in [0.1, 0.15) is 73.1 Å². The number of carbonyl (C=O) groups excluding carboxylic acids is 2. The first-order chi connectivity index (χ1) is 15.0. The molecule has 5 aliphatic rings. The number of amides is 1. The number of esters is 1. The van der Waals surface area contributed by atoms with Gasteiger partial charge in [-0.3, -0.25) is 9.59 Å². The molecule has 1 spiro atoms. The third-order valence-corrected chi connectivity index (χ3v) is 7.77. The van der Waals surface area contributed by atoms with Gasteiger partial charge in [-0.2, -0.15) is 0 Å². The molecule has 9 nitrogen and oxygen atoms in total. The number of rotatable bonds is 6. The summed E-state index contributed by atoms with van der Waals surface area (Å²) in [7, 11) is 0. The van der Waals surface area contributed by atoms with E-state index in [2.05, 4.69) is 12.2 Å². The predicted octanol–water partition coefficient (Wildman–Crippen LogP) is 2.40. The highest BCUT2D eigenvalue weighted by Gasteiger charge is 2.69. The fourth-order valence-electron chi connectivity index (χ4n) is 5.89. The van der Waals surface area contributed by atoms with Gasteiger partial charge < -0.3 is 24.6 Å². The minimum absolute atomic E-state index is 0.0225. The van der Waals surface area contributed by atoms with E-state index in [1.54, 1.807) is 13.8 Å². The van der Waals surface area contributed by atoms with Crippen LogP contribution in [0, 0.1) is 23.7 Å². The number of ether oxygens (including phenoxy) is 3. The van der Waals surface area contributed by atoms with Crippen LogP contribution in [-0.4, -0.2) is 53.1 Å². The fourth-order valence-corrected chi connectivity index (χ4v) is 5.89. The number of aliphatic hydroxyl groups is 1. The third-order valence-electron chi connectivity index (χ3n) is 7.77. The first kappa shape index (κ1) is 23.9. The molecule has 5 rings (SSSR count). The van der Waals surface area contributed by atoms with Gasteiger partial charge in [0.15, 0.2) is 11.9 Å². The van der Waals surface area contributed by atoms with Crippen LogP contribution in [-0.2, 0) is 33.6 Å². The summed E-state index contributed by atoms with van der Waals surface area (Å²) in [4.78, 5) is 36.5. The summed E-state index contributed by atoms with van der Waals surface area (Å²) in [6, 6.07) is 0. The van der Waals surface area contributed by atoms with E-state index in [1.807, 2.05) is 13.8 Å². The molecule has 0 aromatic rings. The number of aliphatic hydroxyl groups excluding tert-OH is 1. The molecule has 2 bridgehead atoms. The summed E-state index contributed by atoms with van der Waals surface area (Å²) in [5.41, 5.74) is -1.44. The quantitative estimate of drug-likeness (QED) is 0.464. The molecule has 182 valence electrons. The monoisotopic (exact) mass is 455 g/mol. The summed E-state index contributed by atoms with van der Waals surface area (Å²) in [6.45, 7) is 9.34. The van der Waals surface area contributed by atoms with Crippen LogP contribution in [0.3, 0.4) is 0 Å². The van der Waals surface area contributed by atoms with Crippen LogP contribution in [0.15, 0.2) is 0 Å². The Morgan fingerprint density at radius 3 is 2.59 bits per heavy atom. The lowest BCUT2D eigenvalue weighted by molar-refractivity contribution is -0.576. The van der Waals surface area contributed by atoms with Crippen molar-refractivity contribution in [2.24, 2.45) is 23.7 Å². The predicted molar refractivity (Wildman–Crippen MR) is 111 cm³/mol. The molecule has 4 aliphatic heterocycles. The van der Waals surface area contributed by atoms with Gasteiger partial charge in [-0.15, -0.1) is 0 Å². The minimum Gasteiger partial charge on any atom is -0.435 e. The molecule has 0 radical (unpaired) electrons.